The Labute approximate surface area is 90.4 Å². The molecule has 0 aromatic carbocycles. The molecule has 0 aliphatic carbocycles. The van der Waals surface area contributed by atoms with Gasteiger partial charge in [-0.1, -0.05) is 13.8 Å². The van der Waals surface area contributed by atoms with Gasteiger partial charge < -0.3 is 10.1 Å². The van der Waals surface area contributed by atoms with E-state index in [1.54, 1.807) is 0 Å². The number of fused-ring (bicyclic) bond motifs is 1. The zero-order chi connectivity index (χ0) is 11.0. The van der Waals surface area contributed by atoms with Crippen LogP contribution in [-0.2, 0) is 6.54 Å². The summed E-state index contributed by atoms with van der Waals surface area (Å²) in [5, 5.41) is 9.09. The summed E-state index contributed by atoms with van der Waals surface area (Å²) in [6, 6.07) is -0.00579. The van der Waals surface area contributed by atoms with Crippen molar-refractivity contribution in [1.29, 1.82) is 0 Å². The number of nitrogens with zero attached hydrogens (tertiary/aromatic N) is 1. The van der Waals surface area contributed by atoms with Crippen LogP contribution in [0.3, 0.4) is 0 Å². The van der Waals surface area contributed by atoms with Crippen molar-refractivity contribution in [2.45, 2.75) is 32.9 Å². The predicted molar refractivity (Wildman–Crippen MR) is 57.4 cm³/mol. The quantitative estimate of drug-likeness (QED) is 0.785. The van der Waals surface area contributed by atoms with Crippen LogP contribution in [0.2, 0.25) is 0 Å². The largest absolute Gasteiger partial charge is 1.00 e. The average molecular weight is 208 g/mol. The van der Waals surface area contributed by atoms with Crippen molar-refractivity contribution in [3.05, 3.63) is 29.4 Å². The van der Waals surface area contributed by atoms with Crippen LogP contribution in [0.15, 0.2) is 12.4 Å². The fourth-order valence-electron chi connectivity index (χ4n) is 2.12. The Hall–Kier alpha value is -1.45. The Morgan fingerprint density at radius 1 is 1.67 bits per heavy atom. The minimum absolute atomic E-state index is 0. The molecule has 15 heavy (non-hydrogen) atoms. The minimum atomic E-state index is -0.836. The molecule has 81 valence electrons. The maximum atomic E-state index is 11.1. The van der Waals surface area contributed by atoms with Gasteiger partial charge in [0.1, 0.15) is 0 Å². The minimum Gasteiger partial charge on any atom is -0.465 e. The molecule has 0 fully saturated rings. The number of hydrogen-bond acceptors (Lipinski definition) is 1. The number of rotatable bonds is 2. The molecule has 1 aromatic rings. The van der Waals surface area contributed by atoms with Crippen LogP contribution in [-0.4, -0.2) is 21.1 Å². The maximum absolute atomic E-state index is 11.1. The number of aromatic nitrogens is 1. The van der Waals surface area contributed by atoms with Crippen LogP contribution in [0.5, 0.6) is 0 Å². The van der Waals surface area contributed by atoms with E-state index < -0.39 is 6.09 Å². The summed E-state index contributed by atoms with van der Waals surface area (Å²) in [7, 11) is 0. The molecule has 2 heterocycles. The van der Waals surface area contributed by atoms with Crippen molar-refractivity contribution in [3.8, 4) is 0 Å². The number of amides is 1. The lowest BCUT2D eigenvalue weighted by atomic mass is 9.99. The third-order valence-electron chi connectivity index (χ3n) is 2.79. The van der Waals surface area contributed by atoms with Crippen LogP contribution in [0.1, 0.15) is 38.9 Å². The highest BCUT2D eigenvalue weighted by Crippen LogP contribution is 2.37. The van der Waals surface area contributed by atoms with E-state index >= 15 is 0 Å². The van der Waals surface area contributed by atoms with Gasteiger partial charge in [0.15, 0.2) is 0 Å². The van der Waals surface area contributed by atoms with Gasteiger partial charge in [-0.05, 0) is 23.5 Å². The molecule has 2 rings (SSSR count). The molecule has 0 saturated heterocycles. The molecule has 1 unspecified atom stereocenters. The molecule has 4 heteroatoms. The molecule has 4 nitrogen and oxygen atoms in total. The lowest BCUT2D eigenvalue weighted by Gasteiger charge is -2.23. The fraction of sp³-hybridized carbons (Fsp3) is 0.455. The number of aromatic amines is 1. The highest BCUT2D eigenvalue weighted by molar-refractivity contribution is 5.67. The first-order valence-electron chi connectivity index (χ1n) is 5.03. The van der Waals surface area contributed by atoms with Crippen LogP contribution in [0.4, 0.5) is 4.79 Å². The SMILES string of the molecule is C[C](C)CC1c2c[nH]cc2CN1C(=O)O.[H+]. The van der Waals surface area contributed by atoms with E-state index in [9.17, 15) is 4.79 Å². The fourth-order valence-corrected chi connectivity index (χ4v) is 2.12. The zero-order valence-electron chi connectivity index (χ0n) is 9.95. The number of H-pyrrole nitrogens is 1. The number of carbonyl (C=O) groups is 1. The maximum Gasteiger partial charge on any atom is 1.00 e. The van der Waals surface area contributed by atoms with Gasteiger partial charge in [-0.15, -0.1) is 0 Å². The van der Waals surface area contributed by atoms with Gasteiger partial charge in [-0.2, -0.15) is 0 Å². The summed E-state index contributed by atoms with van der Waals surface area (Å²) in [5.74, 6) is 1.25. The zero-order valence-corrected chi connectivity index (χ0v) is 8.95. The van der Waals surface area contributed by atoms with Gasteiger partial charge in [-0.25, -0.2) is 4.79 Å². The number of nitrogens with one attached hydrogen (secondary N) is 1. The summed E-state index contributed by atoms with van der Waals surface area (Å²) in [4.78, 5) is 15.6. The van der Waals surface area contributed by atoms with Gasteiger partial charge in [0.2, 0.25) is 0 Å². The second-order valence-electron chi connectivity index (χ2n) is 4.27. The molecule has 1 aliphatic heterocycles. The van der Waals surface area contributed by atoms with E-state index in [0.29, 0.717) is 6.54 Å². The first-order valence-corrected chi connectivity index (χ1v) is 5.03. The Morgan fingerprint density at radius 3 is 3.00 bits per heavy atom. The lowest BCUT2D eigenvalue weighted by Crippen LogP contribution is -2.28. The normalized spacial score (nSPS) is 19.7. The van der Waals surface area contributed by atoms with Crippen molar-refractivity contribution in [2.24, 2.45) is 0 Å². The van der Waals surface area contributed by atoms with Crippen LogP contribution in [0, 0.1) is 5.92 Å². The lowest BCUT2D eigenvalue weighted by molar-refractivity contribution is 0.127. The van der Waals surface area contributed by atoms with Crippen LogP contribution >= 0.6 is 0 Å². The Bertz CT molecular complexity index is 376. The third-order valence-corrected chi connectivity index (χ3v) is 2.79. The molecule has 0 spiro atoms. The van der Waals surface area contributed by atoms with E-state index in [1.807, 2.05) is 26.2 Å². The van der Waals surface area contributed by atoms with Gasteiger partial charge in [-0.3, -0.25) is 4.90 Å². The third kappa shape index (κ3) is 1.71. The van der Waals surface area contributed by atoms with Gasteiger partial charge >= 0.3 is 7.52 Å². The van der Waals surface area contributed by atoms with Crippen molar-refractivity contribution in [1.82, 2.24) is 9.88 Å². The second-order valence-corrected chi connectivity index (χ2v) is 4.27. The molecule has 1 amide bonds. The van der Waals surface area contributed by atoms with Crippen molar-refractivity contribution < 1.29 is 11.3 Å². The summed E-state index contributed by atoms with van der Waals surface area (Å²) in [6.07, 6.45) is 3.76. The van der Waals surface area contributed by atoms with E-state index in [-0.39, 0.29) is 7.47 Å². The average Bonchev–Trinajstić information content (AvgIpc) is 2.66. The standard InChI is InChI=1S/C11H15N2O2/c1-7(2)3-10-9-5-12-4-8(9)6-13(10)11(14)15/h4-5,10,12H,3,6H2,1-2H3,(H,14,15)/p+1. The molecular weight excluding hydrogens is 192 g/mol. The molecule has 1 aliphatic rings. The van der Waals surface area contributed by atoms with E-state index in [4.69, 9.17) is 5.11 Å². The smallest absolute Gasteiger partial charge is 0.465 e. The van der Waals surface area contributed by atoms with Crippen molar-refractivity contribution in [3.63, 3.8) is 0 Å². The van der Waals surface area contributed by atoms with E-state index in [0.717, 1.165) is 17.5 Å². The van der Waals surface area contributed by atoms with E-state index in [2.05, 4.69) is 4.98 Å². The highest BCUT2D eigenvalue weighted by Gasteiger charge is 2.34. The van der Waals surface area contributed by atoms with Gasteiger partial charge in [0.05, 0.1) is 12.6 Å². The monoisotopic (exact) mass is 208 g/mol. The molecule has 0 bridgehead atoms. The van der Waals surface area contributed by atoms with Crippen molar-refractivity contribution >= 4 is 6.09 Å². The number of hydrogen-bond donors (Lipinski definition) is 2. The predicted octanol–water partition coefficient (Wildman–Crippen LogP) is 2.67. The molecule has 1 radical (unpaired) electrons. The molecular formula is C11H16N2O2+. The summed E-state index contributed by atoms with van der Waals surface area (Å²) < 4.78 is 0. The first kappa shape index (κ1) is 10.1. The topological polar surface area (TPSA) is 56.3 Å². The molecule has 1 aromatic heterocycles. The first-order chi connectivity index (χ1) is 7.09. The number of carboxylic acid groups (broad SMARTS) is 1. The van der Waals surface area contributed by atoms with Crippen LogP contribution < -0.4 is 0 Å². The molecule has 1 atom stereocenters. The highest BCUT2D eigenvalue weighted by atomic mass is 16.4. The van der Waals surface area contributed by atoms with Gasteiger partial charge in [0, 0.05) is 12.4 Å². The van der Waals surface area contributed by atoms with Crippen LogP contribution in [0.25, 0.3) is 0 Å². The second kappa shape index (κ2) is 3.61. The van der Waals surface area contributed by atoms with Gasteiger partial charge in [0.25, 0.3) is 0 Å². The Balaban J connectivity index is 0.00000128. The Morgan fingerprint density at radius 2 is 2.40 bits per heavy atom. The van der Waals surface area contributed by atoms with Crippen molar-refractivity contribution in [2.75, 3.05) is 0 Å². The summed E-state index contributed by atoms with van der Waals surface area (Å²) in [5.41, 5.74) is 2.22. The van der Waals surface area contributed by atoms with E-state index in [1.165, 1.54) is 10.8 Å². The Kier molecular flexibility index (Phi) is 2.42. The summed E-state index contributed by atoms with van der Waals surface area (Å²) >= 11 is 0. The summed E-state index contributed by atoms with van der Waals surface area (Å²) in [6.45, 7) is 4.57. The molecule has 2 N–H and O–H groups in total. The molecule has 0 saturated carbocycles.